The molecular weight excluding hydrogens is 322 g/mol. The standard InChI is InChI=1S/C19H25N3O.ClH/c1-3-22(17-7-5-4-6-8-17)18-11-9-16(10-12-18)14-21-19(23)15(2)13-20;/h4-12,15H,3,13-14,20H2,1-2H3,(H,21,23);1H. The van der Waals surface area contributed by atoms with Gasteiger partial charge in [0.05, 0.1) is 0 Å². The molecule has 0 saturated carbocycles. The van der Waals surface area contributed by atoms with Crippen molar-refractivity contribution in [2.24, 2.45) is 11.7 Å². The number of para-hydroxylation sites is 1. The van der Waals surface area contributed by atoms with Crippen LogP contribution in [0.3, 0.4) is 0 Å². The van der Waals surface area contributed by atoms with Gasteiger partial charge in [0.25, 0.3) is 0 Å². The van der Waals surface area contributed by atoms with Crippen LogP contribution in [0.25, 0.3) is 0 Å². The van der Waals surface area contributed by atoms with E-state index >= 15 is 0 Å². The summed E-state index contributed by atoms with van der Waals surface area (Å²) >= 11 is 0. The monoisotopic (exact) mass is 347 g/mol. The SMILES string of the molecule is CCN(c1ccccc1)c1ccc(CNC(=O)C(C)CN)cc1.Cl. The van der Waals surface area contributed by atoms with Crippen LogP contribution >= 0.6 is 12.4 Å². The van der Waals surface area contributed by atoms with E-state index in [1.807, 2.05) is 37.3 Å². The summed E-state index contributed by atoms with van der Waals surface area (Å²) in [5, 5.41) is 2.91. The van der Waals surface area contributed by atoms with Crippen LogP contribution in [0.4, 0.5) is 11.4 Å². The molecule has 0 bridgehead atoms. The van der Waals surface area contributed by atoms with Gasteiger partial charge in [0.15, 0.2) is 0 Å². The predicted octanol–water partition coefficient (Wildman–Crippen LogP) is 3.48. The minimum Gasteiger partial charge on any atom is -0.352 e. The Hall–Kier alpha value is -2.04. The van der Waals surface area contributed by atoms with Crippen LogP contribution in [0.2, 0.25) is 0 Å². The molecule has 0 spiro atoms. The maximum absolute atomic E-state index is 11.8. The second kappa shape index (κ2) is 9.96. The Balaban J connectivity index is 0.00000288. The zero-order valence-corrected chi connectivity index (χ0v) is 15.1. The van der Waals surface area contributed by atoms with Crippen molar-refractivity contribution in [2.75, 3.05) is 18.0 Å². The molecule has 130 valence electrons. The molecule has 5 heteroatoms. The van der Waals surface area contributed by atoms with E-state index in [2.05, 4.69) is 41.4 Å². The summed E-state index contributed by atoms with van der Waals surface area (Å²) in [6.07, 6.45) is 0. The van der Waals surface area contributed by atoms with Crippen molar-refractivity contribution in [3.63, 3.8) is 0 Å². The van der Waals surface area contributed by atoms with Gasteiger partial charge >= 0.3 is 0 Å². The number of nitrogens with two attached hydrogens (primary N) is 1. The average molecular weight is 348 g/mol. The van der Waals surface area contributed by atoms with Gasteiger partial charge in [-0.15, -0.1) is 12.4 Å². The molecule has 1 unspecified atom stereocenters. The van der Waals surface area contributed by atoms with Crippen molar-refractivity contribution in [2.45, 2.75) is 20.4 Å². The quantitative estimate of drug-likeness (QED) is 0.806. The van der Waals surface area contributed by atoms with Crippen LogP contribution in [0, 0.1) is 5.92 Å². The molecular formula is C19H26ClN3O. The normalized spacial score (nSPS) is 11.3. The Labute approximate surface area is 150 Å². The molecule has 2 aromatic carbocycles. The van der Waals surface area contributed by atoms with Crippen molar-refractivity contribution in [3.05, 3.63) is 60.2 Å². The van der Waals surface area contributed by atoms with Crippen LogP contribution < -0.4 is 16.0 Å². The molecule has 2 aromatic rings. The molecule has 24 heavy (non-hydrogen) atoms. The van der Waals surface area contributed by atoms with Crippen molar-refractivity contribution < 1.29 is 4.79 Å². The molecule has 0 aromatic heterocycles. The summed E-state index contributed by atoms with van der Waals surface area (Å²) in [4.78, 5) is 14.0. The Bertz CT molecular complexity index is 616. The van der Waals surface area contributed by atoms with E-state index in [4.69, 9.17) is 5.73 Å². The molecule has 1 amide bonds. The lowest BCUT2D eigenvalue weighted by Gasteiger charge is -2.23. The Morgan fingerprint density at radius 3 is 2.21 bits per heavy atom. The van der Waals surface area contributed by atoms with Gasteiger partial charge < -0.3 is 16.0 Å². The number of nitrogens with one attached hydrogen (secondary N) is 1. The highest BCUT2D eigenvalue weighted by Gasteiger charge is 2.10. The highest BCUT2D eigenvalue weighted by Crippen LogP contribution is 2.24. The van der Waals surface area contributed by atoms with Crippen LogP contribution in [-0.2, 0) is 11.3 Å². The fourth-order valence-corrected chi connectivity index (χ4v) is 2.39. The van der Waals surface area contributed by atoms with Gasteiger partial charge in [-0.05, 0) is 36.8 Å². The fraction of sp³-hybridized carbons (Fsp3) is 0.316. The number of halogens is 1. The van der Waals surface area contributed by atoms with E-state index in [1.54, 1.807) is 0 Å². The fourth-order valence-electron chi connectivity index (χ4n) is 2.39. The van der Waals surface area contributed by atoms with Crippen molar-refractivity contribution in [1.82, 2.24) is 5.32 Å². The van der Waals surface area contributed by atoms with Gasteiger partial charge in [-0.1, -0.05) is 37.3 Å². The molecule has 2 rings (SSSR count). The number of rotatable bonds is 7. The number of hydrogen-bond donors (Lipinski definition) is 2. The van der Waals surface area contributed by atoms with E-state index in [0.717, 1.165) is 17.8 Å². The summed E-state index contributed by atoms with van der Waals surface area (Å²) in [7, 11) is 0. The minimum atomic E-state index is -0.150. The van der Waals surface area contributed by atoms with Crippen molar-refractivity contribution in [1.29, 1.82) is 0 Å². The molecule has 0 fully saturated rings. The van der Waals surface area contributed by atoms with Crippen molar-refractivity contribution in [3.8, 4) is 0 Å². The summed E-state index contributed by atoms with van der Waals surface area (Å²) in [6, 6.07) is 18.6. The highest BCUT2D eigenvalue weighted by atomic mass is 35.5. The maximum atomic E-state index is 11.8. The zero-order chi connectivity index (χ0) is 16.7. The second-order valence-corrected chi connectivity index (χ2v) is 5.60. The second-order valence-electron chi connectivity index (χ2n) is 5.60. The highest BCUT2D eigenvalue weighted by molar-refractivity contribution is 5.85. The number of carbonyl (C=O) groups is 1. The van der Waals surface area contributed by atoms with Crippen LogP contribution in [0.5, 0.6) is 0 Å². The third-order valence-corrected chi connectivity index (χ3v) is 3.90. The first-order valence-corrected chi connectivity index (χ1v) is 8.05. The molecule has 0 aliphatic heterocycles. The number of anilines is 2. The number of carbonyl (C=O) groups excluding carboxylic acids is 1. The lowest BCUT2D eigenvalue weighted by molar-refractivity contribution is -0.124. The maximum Gasteiger partial charge on any atom is 0.224 e. The van der Waals surface area contributed by atoms with Crippen molar-refractivity contribution >= 4 is 29.7 Å². The average Bonchev–Trinajstić information content (AvgIpc) is 2.61. The Kier molecular flexibility index (Phi) is 8.30. The molecule has 4 nitrogen and oxygen atoms in total. The minimum absolute atomic E-state index is 0. The Morgan fingerprint density at radius 1 is 1.08 bits per heavy atom. The van der Waals surface area contributed by atoms with E-state index in [1.165, 1.54) is 5.69 Å². The largest absolute Gasteiger partial charge is 0.352 e. The molecule has 1 atom stereocenters. The summed E-state index contributed by atoms with van der Waals surface area (Å²) < 4.78 is 0. The lowest BCUT2D eigenvalue weighted by atomic mass is 10.1. The molecule has 0 radical (unpaired) electrons. The van der Waals surface area contributed by atoms with Gasteiger partial charge in [0.2, 0.25) is 5.91 Å². The number of benzene rings is 2. The zero-order valence-electron chi connectivity index (χ0n) is 14.2. The van der Waals surface area contributed by atoms with Gasteiger partial charge in [0.1, 0.15) is 0 Å². The first-order valence-electron chi connectivity index (χ1n) is 8.05. The number of hydrogen-bond acceptors (Lipinski definition) is 3. The number of nitrogens with zero attached hydrogens (tertiary/aromatic N) is 1. The third-order valence-electron chi connectivity index (χ3n) is 3.90. The van der Waals surface area contributed by atoms with Crippen LogP contribution in [0.15, 0.2) is 54.6 Å². The topological polar surface area (TPSA) is 58.4 Å². The van der Waals surface area contributed by atoms with E-state index in [-0.39, 0.29) is 24.2 Å². The van der Waals surface area contributed by atoms with Gasteiger partial charge in [0, 0.05) is 36.9 Å². The summed E-state index contributed by atoms with van der Waals surface area (Å²) in [5.74, 6) is -0.154. The number of amides is 1. The lowest BCUT2D eigenvalue weighted by Crippen LogP contribution is -2.32. The van der Waals surface area contributed by atoms with Gasteiger partial charge in [-0.25, -0.2) is 0 Å². The first kappa shape index (κ1) is 20.0. The molecule has 0 aliphatic rings. The third kappa shape index (κ3) is 5.25. The Morgan fingerprint density at radius 2 is 1.67 bits per heavy atom. The smallest absolute Gasteiger partial charge is 0.224 e. The molecule has 0 aliphatic carbocycles. The predicted molar refractivity (Wildman–Crippen MR) is 103 cm³/mol. The van der Waals surface area contributed by atoms with Gasteiger partial charge in [-0.3, -0.25) is 4.79 Å². The van der Waals surface area contributed by atoms with E-state index in [0.29, 0.717) is 13.1 Å². The first-order chi connectivity index (χ1) is 11.2. The van der Waals surface area contributed by atoms with E-state index < -0.39 is 0 Å². The van der Waals surface area contributed by atoms with Crippen LogP contribution in [0.1, 0.15) is 19.4 Å². The van der Waals surface area contributed by atoms with E-state index in [9.17, 15) is 4.79 Å². The summed E-state index contributed by atoms with van der Waals surface area (Å²) in [5.41, 5.74) is 8.90. The van der Waals surface area contributed by atoms with Gasteiger partial charge in [-0.2, -0.15) is 0 Å². The molecule has 0 saturated heterocycles. The molecule has 0 heterocycles. The summed E-state index contributed by atoms with van der Waals surface area (Å²) in [6.45, 7) is 5.76. The van der Waals surface area contributed by atoms with Crippen LogP contribution in [-0.4, -0.2) is 19.0 Å². The molecule has 3 N–H and O–H groups in total.